The van der Waals surface area contributed by atoms with Crippen molar-refractivity contribution in [1.29, 1.82) is 0 Å². The summed E-state index contributed by atoms with van der Waals surface area (Å²) in [7, 11) is 0. The maximum absolute atomic E-state index is 12.8. The van der Waals surface area contributed by atoms with E-state index in [1.807, 2.05) is 22.6 Å². The molecule has 0 spiro atoms. The Morgan fingerprint density at radius 1 is 1.35 bits per heavy atom. The molecule has 0 fully saturated rings. The van der Waals surface area contributed by atoms with Crippen LogP contribution in [0.25, 0.3) is 0 Å². The van der Waals surface area contributed by atoms with Crippen LogP contribution in [-0.2, 0) is 4.79 Å². The zero-order valence-electron chi connectivity index (χ0n) is 9.89. The van der Waals surface area contributed by atoms with Crippen molar-refractivity contribution in [2.45, 2.75) is 18.6 Å². The first-order chi connectivity index (χ1) is 8.99. The van der Waals surface area contributed by atoms with Gasteiger partial charge in [-0.15, -0.1) is 0 Å². The van der Waals surface area contributed by atoms with Crippen molar-refractivity contribution in [2.75, 3.05) is 0 Å². The molecule has 0 bridgehead atoms. The first-order valence-corrected chi connectivity index (χ1v) is 6.94. The first-order valence-electron chi connectivity index (χ1n) is 5.06. The molecule has 2 N–H and O–H groups in total. The van der Waals surface area contributed by atoms with Crippen LogP contribution in [0.5, 0.6) is 0 Å². The standard InChI is InChI=1S/C11H8BrF3INO3/c1-10(9(19)20,11(13,14)15)17-8(18)6-4-5(16)2-3-7(6)12/h2-4H,1H3,(H,17,18)(H,19,20). The molecule has 0 heterocycles. The summed E-state index contributed by atoms with van der Waals surface area (Å²) in [6.07, 6.45) is -5.12. The number of nitrogens with one attached hydrogen (secondary N) is 1. The van der Waals surface area contributed by atoms with Crippen LogP contribution in [0.15, 0.2) is 22.7 Å². The Bertz CT molecular complexity index is 564. The molecular weight excluding hydrogens is 458 g/mol. The molecule has 9 heteroatoms. The van der Waals surface area contributed by atoms with E-state index in [1.165, 1.54) is 17.4 Å². The topological polar surface area (TPSA) is 66.4 Å². The molecule has 0 aliphatic rings. The molecule has 0 aromatic heterocycles. The van der Waals surface area contributed by atoms with Crippen molar-refractivity contribution in [3.8, 4) is 0 Å². The molecule has 1 atom stereocenters. The van der Waals surface area contributed by atoms with Crippen molar-refractivity contribution in [2.24, 2.45) is 0 Å². The minimum atomic E-state index is -5.12. The third-order valence-corrected chi connectivity index (χ3v) is 3.89. The van der Waals surface area contributed by atoms with E-state index in [4.69, 9.17) is 5.11 Å². The Morgan fingerprint density at radius 3 is 2.35 bits per heavy atom. The van der Waals surface area contributed by atoms with Gasteiger partial charge in [-0.3, -0.25) is 4.79 Å². The molecule has 1 aromatic rings. The highest BCUT2D eigenvalue weighted by atomic mass is 127. The average molecular weight is 466 g/mol. The second kappa shape index (κ2) is 5.88. The summed E-state index contributed by atoms with van der Waals surface area (Å²) in [6, 6.07) is 4.47. The Balaban J connectivity index is 3.16. The van der Waals surface area contributed by atoms with Crippen molar-refractivity contribution in [1.82, 2.24) is 5.32 Å². The Morgan fingerprint density at radius 2 is 1.90 bits per heavy atom. The number of aliphatic carboxylic acids is 1. The van der Waals surface area contributed by atoms with E-state index in [9.17, 15) is 22.8 Å². The highest BCUT2D eigenvalue weighted by Crippen LogP contribution is 2.31. The van der Waals surface area contributed by atoms with Crippen molar-refractivity contribution in [3.05, 3.63) is 31.8 Å². The van der Waals surface area contributed by atoms with Crippen LogP contribution in [0.4, 0.5) is 13.2 Å². The molecule has 1 amide bonds. The summed E-state index contributed by atoms with van der Waals surface area (Å²) in [6.45, 7) is 0.398. The fraction of sp³-hybridized carbons (Fsp3) is 0.273. The van der Waals surface area contributed by atoms with Crippen molar-refractivity contribution in [3.63, 3.8) is 0 Å². The van der Waals surface area contributed by atoms with E-state index >= 15 is 0 Å². The van der Waals surface area contributed by atoms with Gasteiger partial charge in [-0.05, 0) is 63.6 Å². The summed E-state index contributed by atoms with van der Waals surface area (Å²) in [5.74, 6) is -3.31. The van der Waals surface area contributed by atoms with E-state index in [0.29, 0.717) is 10.5 Å². The number of amides is 1. The van der Waals surface area contributed by atoms with Crippen LogP contribution in [0.1, 0.15) is 17.3 Å². The summed E-state index contributed by atoms with van der Waals surface area (Å²) in [4.78, 5) is 22.7. The molecule has 1 unspecified atom stereocenters. The number of alkyl halides is 3. The number of halogens is 5. The normalized spacial score (nSPS) is 14.5. The summed E-state index contributed by atoms with van der Waals surface area (Å²) in [5.41, 5.74) is -3.43. The van der Waals surface area contributed by atoms with E-state index in [0.717, 1.165) is 0 Å². The molecule has 1 rings (SSSR count). The number of rotatable bonds is 3. The fourth-order valence-electron chi connectivity index (χ4n) is 1.21. The molecule has 110 valence electrons. The Hall–Kier alpha value is -0.840. The molecule has 20 heavy (non-hydrogen) atoms. The number of carboxylic acid groups (broad SMARTS) is 1. The lowest BCUT2D eigenvalue weighted by molar-refractivity contribution is -0.203. The van der Waals surface area contributed by atoms with Crippen LogP contribution in [0.3, 0.4) is 0 Å². The van der Waals surface area contributed by atoms with Gasteiger partial charge in [0.2, 0.25) is 5.54 Å². The average Bonchev–Trinajstić information content (AvgIpc) is 2.30. The second-order valence-electron chi connectivity index (χ2n) is 4.01. The lowest BCUT2D eigenvalue weighted by Crippen LogP contribution is -2.61. The van der Waals surface area contributed by atoms with Crippen molar-refractivity contribution < 1.29 is 27.9 Å². The number of carboxylic acids is 1. The van der Waals surface area contributed by atoms with Crippen LogP contribution in [0, 0.1) is 3.57 Å². The maximum Gasteiger partial charge on any atom is 0.422 e. The van der Waals surface area contributed by atoms with E-state index < -0.39 is 23.6 Å². The minimum absolute atomic E-state index is 0.0753. The van der Waals surface area contributed by atoms with Gasteiger partial charge in [0.05, 0.1) is 5.56 Å². The van der Waals surface area contributed by atoms with E-state index in [-0.39, 0.29) is 10.0 Å². The zero-order valence-corrected chi connectivity index (χ0v) is 13.6. The molecule has 0 aliphatic heterocycles. The van der Waals surface area contributed by atoms with E-state index in [2.05, 4.69) is 15.9 Å². The highest BCUT2D eigenvalue weighted by Gasteiger charge is 2.58. The zero-order chi connectivity index (χ0) is 15.7. The second-order valence-corrected chi connectivity index (χ2v) is 6.11. The van der Waals surface area contributed by atoms with Gasteiger partial charge >= 0.3 is 12.1 Å². The summed E-state index contributed by atoms with van der Waals surface area (Å²) < 4.78 is 39.3. The fourth-order valence-corrected chi connectivity index (χ4v) is 2.13. The lowest BCUT2D eigenvalue weighted by atomic mass is 10.0. The Kier molecular flexibility index (Phi) is 5.06. The van der Waals surface area contributed by atoms with Gasteiger partial charge in [0.25, 0.3) is 5.91 Å². The highest BCUT2D eigenvalue weighted by molar-refractivity contribution is 14.1. The van der Waals surface area contributed by atoms with Gasteiger partial charge in [0.1, 0.15) is 0 Å². The first kappa shape index (κ1) is 17.2. The quantitative estimate of drug-likeness (QED) is 0.674. The lowest BCUT2D eigenvalue weighted by Gasteiger charge is -2.28. The largest absolute Gasteiger partial charge is 0.479 e. The minimum Gasteiger partial charge on any atom is -0.479 e. The van der Waals surface area contributed by atoms with E-state index in [1.54, 1.807) is 6.07 Å². The number of carbonyl (C=O) groups is 2. The molecule has 4 nitrogen and oxygen atoms in total. The number of carbonyl (C=O) groups excluding carboxylic acids is 1. The SMILES string of the molecule is CC(NC(=O)c1cc(I)ccc1Br)(C(=O)O)C(F)(F)F. The molecule has 1 aromatic carbocycles. The summed E-state index contributed by atoms with van der Waals surface area (Å²) >= 11 is 4.92. The molecular formula is C11H8BrF3INO3. The third-order valence-electron chi connectivity index (χ3n) is 2.53. The Labute approximate surface area is 134 Å². The van der Waals surface area contributed by atoms with Gasteiger partial charge in [0, 0.05) is 8.04 Å². The number of hydrogen-bond acceptors (Lipinski definition) is 2. The number of hydrogen-bond donors (Lipinski definition) is 2. The van der Waals surface area contributed by atoms with Crippen LogP contribution in [0.2, 0.25) is 0 Å². The van der Waals surface area contributed by atoms with Crippen LogP contribution in [-0.4, -0.2) is 28.7 Å². The smallest absolute Gasteiger partial charge is 0.422 e. The van der Waals surface area contributed by atoms with Crippen LogP contribution >= 0.6 is 38.5 Å². The molecule has 0 radical (unpaired) electrons. The third kappa shape index (κ3) is 3.43. The van der Waals surface area contributed by atoms with Gasteiger partial charge in [-0.1, -0.05) is 0 Å². The van der Waals surface area contributed by atoms with Crippen LogP contribution < -0.4 is 5.32 Å². The molecule has 0 aliphatic carbocycles. The summed E-state index contributed by atoms with van der Waals surface area (Å²) in [5, 5.41) is 10.3. The number of benzene rings is 1. The predicted molar refractivity (Wildman–Crippen MR) is 76.4 cm³/mol. The maximum atomic E-state index is 12.8. The molecule has 0 saturated carbocycles. The van der Waals surface area contributed by atoms with Gasteiger partial charge in [0.15, 0.2) is 0 Å². The van der Waals surface area contributed by atoms with Crippen molar-refractivity contribution >= 4 is 50.4 Å². The van der Waals surface area contributed by atoms with Gasteiger partial charge in [-0.25, -0.2) is 4.79 Å². The van der Waals surface area contributed by atoms with Gasteiger partial charge in [-0.2, -0.15) is 13.2 Å². The van der Waals surface area contributed by atoms with Gasteiger partial charge < -0.3 is 10.4 Å². The monoisotopic (exact) mass is 465 g/mol. The molecule has 0 saturated heterocycles. The predicted octanol–water partition coefficient (Wildman–Crippen LogP) is 3.19.